The van der Waals surface area contributed by atoms with Gasteiger partial charge < -0.3 is 0 Å². The van der Waals surface area contributed by atoms with E-state index in [0.29, 0.717) is 22.7 Å². The Morgan fingerprint density at radius 1 is 1.22 bits per heavy atom. The zero-order valence-electron chi connectivity index (χ0n) is 15.1. The number of halogens is 1. The van der Waals surface area contributed by atoms with Crippen molar-refractivity contribution < 1.29 is 4.79 Å². The fraction of sp³-hybridized carbons (Fsp3) is 0.136. The van der Waals surface area contributed by atoms with Gasteiger partial charge in [-0.25, -0.2) is 0 Å². The minimum Gasteiger partial charge on any atom is -0.289 e. The molecule has 0 aliphatic rings. The lowest BCUT2D eigenvalue weighted by Crippen LogP contribution is -2.04. The second-order valence-corrected chi connectivity index (χ2v) is 6.63. The molecule has 0 fully saturated rings. The van der Waals surface area contributed by atoms with Gasteiger partial charge in [0, 0.05) is 21.8 Å². The first-order chi connectivity index (χ1) is 13.0. The molecule has 134 valence electrons. The molecule has 0 bridgehead atoms. The van der Waals surface area contributed by atoms with Crippen molar-refractivity contribution in [1.29, 1.82) is 5.26 Å². The highest BCUT2D eigenvalue weighted by Crippen LogP contribution is 2.20. The third-order valence-electron chi connectivity index (χ3n) is 4.39. The zero-order valence-corrected chi connectivity index (χ0v) is 15.9. The van der Waals surface area contributed by atoms with Crippen molar-refractivity contribution in [2.75, 3.05) is 0 Å². The Hall–Kier alpha value is -3.16. The SMILES string of the molecule is Cc1nn(Cc2ccccc2Cl)c(C)c1/C=C/C(=O)c1cccc(C#N)c1. The largest absolute Gasteiger partial charge is 0.289 e. The summed E-state index contributed by atoms with van der Waals surface area (Å²) in [5.74, 6) is -0.148. The first-order valence-electron chi connectivity index (χ1n) is 8.49. The topological polar surface area (TPSA) is 58.7 Å². The maximum Gasteiger partial charge on any atom is 0.185 e. The quantitative estimate of drug-likeness (QED) is 0.467. The first kappa shape index (κ1) is 18.6. The van der Waals surface area contributed by atoms with Crippen molar-refractivity contribution >= 4 is 23.5 Å². The van der Waals surface area contributed by atoms with Crippen LogP contribution >= 0.6 is 11.6 Å². The molecule has 4 nitrogen and oxygen atoms in total. The van der Waals surface area contributed by atoms with Crippen molar-refractivity contribution in [3.63, 3.8) is 0 Å². The maximum atomic E-state index is 12.4. The molecule has 0 amide bonds. The lowest BCUT2D eigenvalue weighted by molar-refractivity contribution is 0.104. The number of carbonyl (C=O) groups excluding carboxylic acids is 1. The molecule has 0 aliphatic carbocycles. The third-order valence-corrected chi connectivity index (χ3v) is 4.76. The predicted molar refractivity (Wildman–Crippen MR) is 107 cm³/mol. The molecular weight excluding hydrogens is 358 g/mol. The highest BCUT2D eigenvalue weighted by Gasteiger charge is 2.11. The zero-order chi connectivity index (χ0) is 19.4. The minimum absolute atomic E-state index is 0.148. The molecule has 0 atom stereocenters. The molecule has 0 radical (unpaired) electrons. The van der Waals surface area contributed by atoms with E-state index in [4.69, 9.17) is 16.9 Å². The van der Waals surface area contributed by atoms with Crippen LogP contribution in [0.2, 0.25) is 5.02 Å². The Labute approximate surface area is 163 Å². The number of nitrogens with zero attached hydrogens (tertiary/aromatic N) is 3. The average molecular weight is 376 g/mol. The van der Waals surface area contributed by atoms with E-state index in [2.05, 4.69) is 5.10 Å². The lowest BCUT2D eigenvalue weighted by atomic mass is 10.1. The Morgan fingerprint density at radius 2 is 2.00 bits per heavy atom. The molecule has 1 aromatic heterocycles. The number of nitriles is 1. The van der Waals surface area contributed by atoms with Crippen molar-refractivity contribution in [3.8, 4) is 6.07 Å². The summed E-state index contributed by atoms with van der Waals surface area (Å²) in [6.45, 7) is 4.45. The van der Waals surface area contributed by atoms with Crippen LogP contribution in [0, 0.1) is 25.2 Å². The molecule has 0 spiro atoms. The summed E-state index contributed by atoms with van der Waals surface area (Å²) in [7, 11) is 0. The predicted octanol–water partition coefficient (Wildman–Crippen LogP) is 4.97. The third kappa shape index (κ3) is 4.16. The molecule has 0 N–H and O–H groups in total. The van der Waals surface area contributed by atoms with E-state index in [0.717, 1.165) is 22.5 Å². The fourth-order valence-electron chi connectivity index (χ4n) is 2.89. The number of allylic oxidation sites excluding steroid dienone is 1. The van der Waals surface area contributed by atoms with Gasteiger partial charge in [0.1, 0.15) is 0 Å². The number of rotatable bonds is 5. The molecule has 2 aromatic carbocycles. The van der Waals surface area contributed by atoms with Gasteiger partial charge in [0.15, 0.2) is 5.78 Å². The molecule has 3 rings (SSSR count). The molecule has 27 heavy (non-hydrogen) atoms. The second-order valence-electron chi connectivity index (χ2n) is 6.22. The average Bonchev–Trinajstić information content (AvgIpc) is 2.94. The van der Waals surface area contributed by atoms with Crippen LogP contribution in [0.4, 0.5) is 0 Å². The van der Waals surface area contributed by atoms with E-state index in [1.165, 1.54) is 6.08 Å². The van der Waals surface area contributed by atoms with Crippen molar-refractivity contribution in [1.82, 2.24) is 9.78 Å². The number of carbonyl (C=O) groups is 1. The minimum atomic E-state index is -0.148. The Bertz CT molecular complexity index is 1070. The van der Waals surface area contributed by atoms with Gasteiger partial charge in [-0.15, -0.1) is 0 Å². The van der Waals surface area contributed by atoms with Crippen molar-refractivity contribution in [3.05, 3.63) is 93.3 Å². The van der Waals surface area contributed by atoms with E-state index < -0.39 is 0 Å². The second kappa shape index (κ2) is 8.03. The van der Waals surface area contributed by atoms with Crippen molar-refractivity contribution in [2.45, 2.75) is 20.4 Å². The molecule has 0 saturated carbocycles. The van der Waals surface area contributed by atoms with Crippen LogP contribution in [0.15, 0.2) is 54.6 Å². The van der Waals surface area contributed by atoms with Crippen molar-refractivity contribution in [2.24, 2.45) is 0 Å². The van der Waals surface area contributed by atoms with E-state index in [1.807, 2.05) is 48.9 Å². The van der Waals surface area contributed by atoms with Gasteiger partial charge in [-0.2, -0.15) is 10.4 Å². The Balaban J connectivity index is 1.84. The summed E-state index contributed by atoms with van der Waals surface area (Å²) in [5.41, 5.74) is 4.66. The van der Waals surface area contributed by atoms with Gasteiger partial charge in [0.25, 0.3) is 0 Å². The van der Waals surface area contributed by atoms with Crippen LogP contribution in [0.5, 0.6) is 0 Å². The fourth-order valence-corrected chi connectivity index (χ4v) is 3.09. The summed E-state index contributed by atoms with van der Waals surface area (Å²) in [5, 5.41) is 14.2. The lowest BCUT2D eigenvalue weighted by Gasteiger charge is -2.06. The Kier molecular flexibility index (Phi) is 5.54. The molecule has 5 heteroatoms. The van der Waals surface area contributed by atoms with E-state index in [1.54, 1.807) is 30.3 Å². The van der Waals surface area contributed by atoms with Crippen LogP contribution in [-0.2, 0) is 6.54 Å². The van der Waals surface area contributed by atoms with Crippen LogP contribution in [0.3, 0.4) is 0 Å². The van der Waals surface area contributed by atoms with E-state index in [9.17, 15) is 4.79 Å². The van der Waals surface area contributed by atoms with Gasteiger partial charge in [0.2, 0.25) is 0 Å². The summed E-state index contributed by atoms with van der Waals surface area (Å²) < 4.78 is 1.89. The highest BCUT2D eigenvalue weighted by molar-refractivity contribution is 6.31. The van der Waals surface area contributed by atoms with Gasteiger partial charge in [0.05, 0.1) is 23.9 Å². The maximum absolute atomic E-state index is 12.4. The van der Waals surface area contributed by atoms with Gasteiger partial charge >= 0.3 is 0 Å². The first-order valence-corrected chi connectivity index (χ1v) is 8.87. The Morgan fingerprint density at radius 3 is 2.74 bits per heavy atom. The summed E-state index contributed by atoms with van der Waals surface area (Å²) in [4.78, 5) is 12.4. The molecule has 0 unspecified atom stereocenters. The van der Waals surface area contributed by atoms with Crippen LogP contribution in [-0.4, -0.2) is 15.6 Å². The number of aromatic nitrogens is 2. The smallest absolute Gasteiger partial charge is 0.185 e. The normalized spacial score (nSPS) is 10.9. The van der Waals surface area contributed by atoms with Crippen LogP contribution in [0.25, 0.3) is 6.08 Å². The summed E-state index contributed by atoms with van der Waals surface area (Å²) >= 11 is 6.25. The molecule has 0 aliphatic heterocycles. The molecule has 1 heterocycles. The number of ketones is 1. The van der Waals surface area contributed by atoms with Crippen LogP contribution < -0.4 is 0 Å². The standard InChI is InChI=1S/C22H18ClN3O/c1-15-20(10-11-22(27)18-8-5-6-17(12-18)13-24)16(2)26(25-15)14-19-7-3-4-9-21(19)23/h3-12H,14H2,1-2H3/b11-10+. The molecular formula is C22H18ClN3O. The monoisotopic (exact) mass is 375 g/mol. The number of aryl methyl sites for hydroxylation is 1. The summed E-state index contributed by atoms with van der Waals surface area (Å²) in [6.07, 6.45) is 3.30. The van der Waals surface area contributed by atoms with Gasteiger partial charge in [-0.1, -0.05) is 41.9 Å². The molecule has 3 aromatic rings. The number of hydrogen-bond acceptors (Lipinski definition) is 3. The number of hydrogen-bond donors (Lipinski definition) is 0. The summed E-state index contributed by atoms with van der Waals surface area (Å²) in [6, 6.07) is 16.4. The van der Waals surface area contributed by atoms with Gasteiger partial charge in [-0.05, 0) is 49.8 Å². The van der Waals surface area contributed by atoms with E-state index in [-0.39, 0.29) is 5.78 Å². The highest BCUT2D eigenvalue weighted by atomic mass is 35.5. The van der Waals surface area contributed by atoms with Gasteiger partial charge in [-0.3, -0.25) is 9.48 Å². The van der Waals surface area contributed by atoms with E-state index >= 15 is 0 Å². The molecule has 0 saturated heterocycles. The number of benzene rings is 2. The van der Waals surface area contributed by atoms with Crippen LogP contribution in [0.1, 0.15) is 38.4 Å².